The zero-order chi connectivity index (χ0) is 15.7. The molecule has 1 aliphatic rings. The van der Waals surface area contributed by atoms with Crippen LogP contribution < -0.4 is 0 Å². The van der Waals surface area contributed by atoms with Gasteiger partial charge in [-0.25, -0.2) is 0 Å². The van der Waals surface area contributed by atoms with Gasteiger partial charge in [0.25, 0.3) is 0 Å². The van der Waals surface area contributed by atoms with Crippen LogP contribution in [-0.2, 0) is 17.6 Å². The Morgan fingerprint density at radius 3 is 2.45 bits per heavy atom. The topological polar surface area (TPSA) is 23.1 Å². The molecule has 0 spiro atoms. The van der Waals surface area contributed by atoms with E-state index in [1.54, 1.807) is 0 Å². The molecular weight excluding hydrogens is 288 g/mol. The van der Waals surface area contributed by atoms with Gasteiger partial charge in [-0.3, -0.25) is 0 Å². The van der Waals surface area contributed by atoms with Gasteiger partial charge in [0, 0.05) is 16.7 Å². The lowest BCUT2D eigenvalue weighted by molar-refractivity contribution is 0.604. The Morgan fingerprint density at radius 1 is 1.05 bits per heavy atom. The molecule has 0 N–H and O–H groups in total. The van der Waals surface area contributed by atoms with E-state index in [0.29, 0.717) is 5.92 Å². The molecule has 114 valence electrons. The zero-order valence-electron chi connectivity index (χ0n) is 13.4. The van der Waals surface area contributed by atoms with Crippen molar-refractivity contribution in [3.05, 3.63) is 70.8 Å². The minimum absolute atomic E-state index is 0.500. The number of aryl methyl sites for hydroxylation is 2. The maximum atomic E-state index is 13.0. The molecule has 0 radical (unpaired) electrons. The van der Waals surface area contributed by atoms with Gasteiger partial charge in [0.1, 0.15) is 0 Å². The van der Waals surface area contributed by atoms with Crippen molar-refractivity contribution in [1.29, 1.82) is 0 Å². The van der Waals surface area contributed by atoms with Crippen molar-refractivity contribution >= 4 is 16.1 Å². The Balaban J connectivity index is 1.92. The first-order valence-corrected chi connectivity index (χ1v) is 9.03. The predicted octanol–water partition coefficient (Wildman–Crippen LogP) is 5.21. The molecule has 0 saturated heterocycles. The zero-order valence-corrected chi connectivity index (χ0v) is 14.2. The van der Waals surface area contributed by atoms with Gasteiger partial charge in [0.05, 0.1) is 0 Å². The van der Waals surface area contributed by atoms with Crippen LogP contribution in [-0.4, -0.2) is 4.55 Å². The van der Waals surface area contributed by atoms with Crippen LogP contribution in [0.25, 0.3) is 4.91 Å². The average Bonchev–Trinajstić information content (AvgIpc) is 2.53. The van der Waals surface area contributed by atoms with E-state index in [-0.39, 0.29) is 0 Å². The number of allylic oxidation sites excluding steroid dienone is 1. The molecule has 0 amide bonds. The fourth-order valence-electron chi connectivity index (χ4n) is 2.92. The minimum atomic E-state index is -1.10. The molecule has 0 bridgehead atoms. The van der Waals surface area contributed by atoms with Gasteiger partial charge in [-0.15, -0.1) is 0 Å². The van der Waals surface area contributed by atoms with Gasteiger partial charge < -0.3 is 4.55 Å². The van der Waals surface area contributed by atoms with E-state index in [9.17, 15) is 4.55 Å². The molecule has 1 aliphatic carbocycles. The third-order valence-corrected chi connectivity index (χ3v) is 5.72. The number of hydrogen-bond acceptors (Lipinski definition) is 1. The molecule has 0 aromatic heterocycles. The van der Waals surface area contributed by atoms with E-state index in [4.69, 9.17) is 0 Å². The second-order valence-electron chi connectivity index (χ2n) is 6.26. The SMILES string of the molecule is Cc1ccc2c(c1)CCC=C2[S+]([O-])c1ccc(C(C)C)cc1. The molecule has 0 aliphatic heterocycles. The van der Waals surface area contributed by atoms with E-state index in [2.05, 4.69) is 57.2 Å². The summed E-state index contributed by atoms with van der Waals surface area (Å²) in [6, 6.07) is 14.7. The molecule has 1 nitrogen and oxygen atoms in total. The quantitative estimate of drug-likeness (QED) is 0.713. The summed E-state index contributed by atoms with van der Waals surface area (Å²) in [6.45, 7) is 6.46. The Hall–Kier alpha value is -1.51. The third kappa shape index (κ3) is 2.99. The maximum Gasteiger partial charge on any atom is 0.161 e. The van der Waals surface area contributed by atoms with Crippen molar-refractivity contribution in [1.82, 2.24) is 0 Å². The van der Waals surface area contributed by atoms with Crippen LogP contribution in [0.15, 0.2) is 53.4 Å². The second-order valence-corrected chi connectivity index (χ2v) is 7.71. The number of hydrogen-bond donors (Lipinski definition) is 0. The standard InChI is InChI=1S/C20H22OS/c1-14(2)16-8-10-18(11-9-16)22(21)20-6-4-5-17-13-15(3)7-12-19(17)20/h6-14H,4-5H2,1-3H3. The van der Waals surface area contributed by atoms with Crippen molar-refractivity contribution in [2.75, 3.05) is 0 Å². The minimum Gasteiger partial charge on any atom is -0.606 e. The number of benzene rings is 2. The molecule has 0 saturated carbocycles. The van der Waals surface area contributed by atoms with E-state index in [0.717, 1.165) is 28.2 Å². The van der Waals surface area contributed by atoms with Crippen LogP contribution in [0.2, 0.25) is 0 Å². The highest BCUT2D eigenvalue weighted by Crippen LogP contribution is 2.35. The largest absolute Gasteiger partial charge is 0.606 e. The number of rotatable bonds is 3. The Bertz CT molecular complexity index is 698. The summed E-state index contributed by atoms with van der Waals surface area (Å²) in [6.07, 6.45) is 4.16. The van der Waals surface area contributed by atoms with Crippen molar-refractivity contribution in [2.45, 2.75) is 44.4 Å². The lowest BCUT2D eigenvalue weighted by Crippen LogP contribution is -2.10. The molecule has 1 unspecified atom stereocenters. The molecule has 1 atom stereocenters. The fourth-order valence-corrected chi connectivity index (χ4v) is 4.22. The third-order valence-electron chi connectivity index (χ3n) is 4.23. The average molecular weight is 310 g/mol. The van der Waals surface area contributed by atoms with Crippen molar-refractivity contribution in [3.8, 4) is 0 Å². The highest BCUT2D eigenvalue weighted by Gasteiger charge is 2.24. The predicted molar refractivity (Wildman–Crippen MR) is 94.4 cm³/mol. The molecule has 2 aromatic carbocycles. The Kier molecular flexibility index (Phi) is 4.42. The summed E-state index contributed by atoms with van der Waals surface area (Å²) in [5.74, 6) is 0.500. The van der Waals surface area contributed by atoms with E-state index >= 15 is 0 Å². The smallest absolute Gasteiger partial charge is 0.161 e. The van der Waals surface area contributed by atoms with E-state index in [1.807, 2.05) is 12.1 Å². The molecular formula is C20H22OS. The van der Waals surface area contributed by atoms with Gasteiger partial charge >= 0.3 is 0 Å². The van der Waals surface area contributed by atoms with E-state index < -0.39 is 11.2 Å². The summed E-state index contributed by atoms with van der Waals surface area (Å²) in [4.78, 5) is 1.86. The first-order valence-electron chi connectivity index (χ1n) is 7.88. The van der Waals surface area contributed by atoms with Gasteiger partial charge in [-0.05, 0) is 61.1 Å². The summed E-state index contributed by atoms with van der Waals surface area (Å²) in [7, 11) is 0. The highest BCUT2D eigenvalue weighted by molar-refractivity contribution is 8.00. The Labute approximate surface area is 136 Å². The van der Waals surface area contributed by atoms with Gasteiger partial charge in [-0.2, -0.15) is 0 Å². The molecule has 2 heteroatoms. The van der Waals surface area contributed by atoms with Crippen molar-refractivity contribution < 1.29 is 4.55 Å². The van der Waals surface area contributed by atoms with Crippen molar-refractivity contribution in [2.24, 2.45) is 0 Å². The molecule has 0 fully saturated rings. The maximum absolute atomic E-state index is 13.0. The fraction of sp³-hybridized carbons (Fsp3) is 0.300. The van der Waals surface area contributed by atoms with E-state index in [1.165, 1.54) is 16.7 Å². The Morgan fingerprint density at radius 2 is 1.77 bits per heavy atom. The summed E-state index contributed by atoms with van der Waals surface area (Å²) in [5, 5.41) is 0. The van der Waals surface area contributed by atoms with Crippen molar-refractivity contribution in [3.63, 3.8) is 0 Å². The van der Waals surface area contributed by atoms with Gasteiger partial charge in [0.2, 0.25) is 0 Å². The highest BCUT2D eigenvalue weighted by atomic mass is 32.2. The summed E-state index contributed by atoms with van der Waals surface area (Å²) in [5.41, 5.74) is 5.04. The van der Waals surface area contributed by atoms with Gasteiger partial charge in [0.15, 0.2) is 9.80 Å². The molecule has 2 aromatic rings. The summed E-state index contributed by atoms with van der Waals surface area (Å²) >= 11 is -1.10. The molecule has 0 heterocycles. The van der Waals surface area contributed by atoms with Crippen LogP contribution in [0.4, 0.5) is 0 Å². The first kappa shape index (κ1) is 15.4. The van der Waals surface area contributed by atoms with Crippen LogP contribution in [0.5, 0.6) is 0 Å². The molecule has 3 rings (SSSR count). The van der Waals surface area contributed by atoms with Crippen LogP contribution >= 0.6 is 0 Å². The molecule has 22 heavy (non-hydrogen) atoms. The van der Waals surface area contributed by atoms with Crippen LogP contribution in [0, 0.1) is 6.92 Å². The van der Waals surface area contributed by atoms with Crippen LogP contribution in [0.1, 0.15) is 48.4 Å². The lowest BCUT2D eigenvalue weighted by atomic mass is 9.95. The first-order chi connectivity index (χ1) is 10.6. The van der Waals surface area contributed by atoms with Crippen LogP contribution in [0.3, 0.4) is 0 Å². The second kappa shape index (κ2) is 6.31. The number of fused-ring (bicyclic) bond motifs is 1. The lowest BCUT2D eigenvalue weighted by Gasteiger charge is -2.20. The monoisotopic (exact) mass is 310 g/mol. The normalized spacial score (nSPS) is 15.4. The summed E-state index contributed by atoms with van der Waals surface area (Å²) < 4.78 is 13.0. The van der Waals surface area contributed by atoms with Gasteiger partial charge in [-0.1, -0.05) is 43.7 Å².